The van der Waals surface area contributed by atoms with Crippen LogP contribution in [-0.4, -0.2) is 84.3 Å². The van der Waals surface area contributed by atoms with Crippen LogP contribution in [0.15, 0.2) is 10.3 Å². The summed E-state index contributed by atoms with van der Waals surface area (Å²) in [6.45, 7) is 26.0. The molecule has 190 valence electrons. The molecule has 0 radical (unpaired) electrons. The highest BCUT2D eigenvalue weighted by Gasteiger charge is 2.42. The first kappa shape index (κ1) is 31.6. The zero-order valence-electron chi connectivity index (χ0n) is 22.9. The molecule has 0 amide bonds. The van der Waals surface area contributed by atoms with Crippen LogP contribution < -0.4 is 0 Å². The van der Waals surface area contributed by atoms with Crippen LogP contribution in [0.2, 0.25) is 78.6 Å². The van der Waals surface area contributed by atoms with Crippen molar-refractivity contribution in [3.63, 3.8) is 0 Å². The van der Waals surface area contributed by atoms with Crippen molar-refractivity contribution in [1.82, 2.24) is 0 Å². The van der Waals surface area contributed by atoms with Crippen LogP contribution in [0.4, 0.5) is 0 Å². The van der Waals surface area contributed by atoms with E-state index in [1.54, 1.807) is 6.21 Å². The van der Waals surface area contributed by atoms with E-state index in [-0.39, 0.29) is 0 Å². The molecular weight excluding hydrogens is 477 g/mol. The van der Waals surface area contributed by atoms with Crippen molar-refractivity contribution < 1.29 is 27.4 Å². The molecule has 0 bridgehead atoms. The van der Waals surface area contributed by atoms with E-state index in [2.05, 4.69) is 88.9 Å². The quantitative estimate of drug-likeness (QED) is 0.168. The van der Waals surface area contributed by atoms with Crippen LogP contribution >= 0.6 is 0 Å². The molecule has 0 spiro atoms. The van der Waals surface area contributed by atoms with Gasteiger partial charge in [0.15, 0.2) is 33.3 Å². The van der Waals surface area contributed by atoms with Crippen LogP contribution in [-0.2, 0) is 27.4 Å². The van der Waals surface area contributed by atoms with Crippen LogP contribution in [0.1, 0.15) is 0 Å². The largest absolute Gasteiger partial charge is 0.412 e. The van der Waals surface area contributed by atoms with Gasteiger partial charge >= 0.3 is 0 Å². The predicted molar refractivity (Wildman–Crippen MR) is 144 cm³/mol. The average molecular weight is 525 g/mol. The Hall–Kier alpha value is -0.352. The number of hydrogen-bond donors (Lipinski definition) is 0. The standard InChI is InChI=1S/C20H48N2O6Si4/c1-23-21-15-18(26-30(6,7)8)20(28-32(12,13)14)19(27-31(9,10)11)17(22-24-2)16-25-29(3,4)5/h15,18-20H,16H2,1-14H3/b21-15+,22-17-/t18-,19+,20+/m1/s1. The molecule has 0 aromatic carbocycles. The lowest BCUT2D eigenvalue weighted by atomic mass is 10.0. The highest BCUT2D eigenvalue weighted by atomic mass is 28.4. The summed E-state index contributed by atoms with van der Waals surface area (Å²) in [5, 5.41) is 8.39. The van der Waals surface area contributed by atoms with Crippen molar-refractivity contribution in [3.05, 3.63) is 0 Å². The molecule has 0 aliphatic rings. The third-order valence-electron chi connectivity index (χ3n) is 3.59. The Labute approximate surface area is 200 Å². The Balaban J connectivity index is 6.58. The maximum absolute atomic E-state index is 6.72. The van der Waals surface area contributed by atoms with Gasteiger partial charge in [-0.2, -0.15) is 0 Å². The molecule has 0 aliphatic carbocycles. The summed E-state index contributed by atoms with van der Waals surface area (Å²) in [4.78, 5) is 10.2. The predicted octanol–water partition coefficient (Wildman–Crippen LogP) is 5.13. The second-order valence-electron chi connectivity index (χ2n) is 11.6. The van der Waals surface area contributed by atoms with Crippen LogP contribution in [0.3, 0.4) is 0 Å². The summed E-state index contributed by atoms with van der Waals surface area (Å²) >= 11 is 0. The fourth-order valence-electron chi connectivity index (χ4n) is 2.69. The molecule has 32 heavy (non-hydrogen) atoms. The van der Waals surface area contributed by atoms with Gasteiger partial charge in [0.2, 0.25) is 0 Å². The molecule has 0 saturated carbocycles. The van der Waals surface area contributed by atoms with Gasteiger partial charge in [0.25, 0.3) is 0 Å². The Kier molecular flexibility index (Phi) is 12.8. The first-order chi connectivity index (χ1) is 14.3. The smallest absolute Gasteiger partial charge is 0.184 e. The van der Waals surface area contributed by atoms with Crippen molar-refractivity contribution in [2.45, 2.75) is 96.9 Å². The lowest BCUT2D eigenvalue weighted by Gasteiger charge is -2.40. The molecule has 0 saturated heterocycles. The molecule has 3 atom stereocenters. The van der Waals surface area contributed by atoms with E-state index in [4.69, 9.17) is 27.4 Å². The van der Waals surface area contributed by atoms with E-state index in [9.17, 15) is 0 Å². The van der Waals surface area contributed by atoms with Crippen LogP contribution in [0.5, 0.6) is 0 Å². The summed E-state index contributed by atoms with van der Waals surface area (Å²) in [5.74, 6) is 0. The monoisotopic (exact) mass is 524 g/mol. The van der Waals surface area contributed by atoms with Crippen molar-refractivity contribution >= 4 is 45.2 Å². The van der Waals surface area contributed by atoms with Crippen molar-refractivity contribution in [3.8, 4) is 0 Å². The summed E-state index contributed by atoms with van der Waals surface area (Å²) in [6.07, 6.45) is 0.226. The van der Waals surface area contributed by atoms with Gasteiger partial charge in [0, 0.05) is 0 Å². The molecule has 0 heterocycles. The Morgan fingerprint density at radius 2 is 1.19 bits per heavy atom. The average Bonchev–Trinajstić information content (AvgIpc) is 2.55. The number of nitrogens with zero attached hydrogens (tertiary/aromatic N) is 2. The summed E-state index contributed by atoms with van der Waals surface area (Å²) in [5.41, 5.74) is 0.663. The van der Waals surface area contributed by atoms with Gasteiger partial charge < -0.3 is 27.4 Å². The molecule has 8 nitrogen and oxygen atoms in total. The van der Waals surface area contributed by atoms with Crippen LogP contribution in [0.25, 0.3) is 0 Å². The minimum absolute atomic E-state index is 0.311. The topological polar surface area (TPSA) is 80.1 Å². The highest BCUT2D eigenvalue weighted by molar-refractivity contribution is 6.71. The first-order valence-corrected chi connectivity index (χ1v) is 24.8. The number of rotatable bonds is 15. The van der Waals surface area contributed by atoms with E-state index >= 15 is 0 Å². The van der Waals surface area contributed by atoms with Gasteiger partial charge in [0.1, 0.15) is 38.2 Å². The molecule has 0 N–H and O–H groups in total. The number of hydrogen-bond acceptors (Lipinski definition) is 8. The molecule has 0 fully saturated rings. The fourth-order valence-corrected chi connectivity index (χ4v) is 6.39. The molecule has 0 aromatic rings. The van der Waals surface area contributed by atoms with Crippen molar-refractivity contribution in [2.24, 2.45) is 10.3 Å². The van der Waals surface area contributed by atoms with E-state index < -0.39 is 51.6 Å². The third kappa shape index (κ3) is 15.5. The first-order valence-electron chi connectivity index (χ1n) is 11.1. The molecule has 0 aliphatic heterocycles. The Bertz CT molecular complexity index is 607. The van der Waals surface area contributed by atoms with Gasteiger partial charge in [-0.3, -0.25) is 0 Å². The van der Waals surface area contributed by atoms with Gasteiger partial charge in [-0.05, 0) is 78.6 Å². The molecule has 12 heteroatoms. The van der Waals surface area contributed by atoms with E-state index in [0.29, 0.717) is 12.3 Å². The summed E-state index contributed by atoms with van der Waals surface area (Å²) in [6, 6.07) is 0. The van der Waals surface area contributed by atoms with Gasteiger partial charge in [0.05, 0.1) is 12.8 Å². The lowest BCUT2D eigenvalue weighted by Crippen LogP contribution is -2.57. The second kappa shape index (κ2) is 12.9. The lowest BCUT2D eigenvalue weighted by molar-refractivity contribution is 0.0176. The second-order valence-corrected chi connectivity index (χ2v) is 29.5. The normalized spacial score (nSPS) is 17.4. The highest BCUT2D eigenvalue weighted by Crippen LogP contribution is 2.25. The Morgan fingerprint density at radius 1 is 0.688 bits per heavy atom. The zero-order chi connectivity index (χ0) is 25.4. The third-order valence-corrected chi connectivity index (χ3v) is 7.52. The number of oxime groups is 2. The molecule has 0 rings (SSSR count). The molecule has 0 aromatic heterocycles. The maximum Gasteiger partial charge on any atom is 0.184 e. The van der Waals surface area contributed by atoms with Gasteiger partial charge in [-0.25, -0.2) is 0 Å². The van der Waals surface area contributed by atoms with Crippen molar-refractivity contribution in [1.29, 1.82) is 0 Å². The molecule has 0 unspecified atom stereocenters. The van der Waals surface area contributed by atoms with E-state index in [1.807, 2.05) is 0 Å². The Morgan fingerprint density at radius 3 is 1.56 bits per heavy atom. The van der Waals surface area contributed by atoms with E-state index in [0.717, 1.165) is 0 Å². The zero-order valence-corrected chi connectivity index (χ0v) is 26.9. The summed E-state index contributed by atoms with van der Waals surface area (Å²) in [7, 11) is -4.76. The van der Waals surface area contributed by atoms with Crippen molar-refractivity contribution in [2.75, 3.05) is 20.8 Å². The minimum Gasteiger partial charge on any atom is -0.412 e. The van der Waals surface area contributed by atoms with Crippen LogP contribution in [0, 0.1) is 0 Å². The van der Waals surface area contributed by atoms with E-state index in [1.165, 1.54) is 14.2 Å². The maximum atomic E-state index is 6.72. The molecular formula is C20H48N2O6Si4. The van der Waals surface area contributed by atoms with Gasteiger partial charge in [-0.1, -0.05) is 10.3 Å². The summed E-state index contributed by atoms with van der Waals surface area (Å²) < 4.78 is 26.2. The SMILES string of the molecule is CO/N=C(/CO[Si](C)(C)C)[C@H](O[Si](C)(C)C)[C@@H](O[Si](C)(C)C)[C@@H](/C=N/OC)O[Si](C)(C)C. The fraction of sp³-hybridized carbons (Fsp3) is 0.900. The van der Waals surface area contributed by atoms with Gasteiger partial charge in [-0.15, -0.1) is 0 Å². The minimum atomic E-state index is -2.03.